The molecule has 292 valence electrons. The zero-order chi connectivity index (χ0) is 38.6. The second kappa shape index (κ2) is 20.8. The van der Waals surface area contributed by atoms with Crippen LogP contribution in [0, 0.1) is 23.5 Å². The highest BCUT2D eigenvalue weighted by Crippen LogP contribution is 2.43. The van der Waals surface area contributed by atoms with Gasteiger partial charge in [0.15, 0.2) is 0 Å². The average Bonchev–Trinajstić information content (AvgIpc) is 3.99. The second-order valence-corrected chi connectivity index (χ2v) is 18.2. The third kappa shape index (κ3) is 10.8. The average molecular weight is 797 g/mol. The number of fused-ring (bicyclic) bond motifs is 1. The maximum atomic E-state index is 15.6. The lowest BCUT2D eigenvalue weighted by Crippen LogP contribution is -2.03. The summed E-state index contributed by atoms with van der Waals surface area (Å²) in [5, 5.41) is 0. The zero-order valence-corrected chi connectivity index (χ0v) is 35.7. The first-order valence-electron chi connectivity index (χ1n) is 20.9. The topological polar surface area (TPSA) is 25.8 Å². The van der Waals surface area contributed by atoms with Crippen LogP contribution < -0.4 is 0 Å². The van der Waals surface area contributed by atoms with E-state index in [2.05, 4.69) is 64.1 Å². The standard InChI is InChI=1S/C48H58F2N2S3/c1-5-9-13-33(14-10-6-2)17-19-35-21-23-37(41(49)31-35)43-27-29-45(53-43)39-25-26-40(48-47(39)51-55-52-48)46-30-28-44(54-46)38-24-22-36(32-42(38)50)20-18-34(15-11-7-3)16-12-8-4/h21-34H,5-20H2,1-4H3. The lowest BCUT2D eigenvalue weighted by atomic mass is 9.90. The van der Waals surface area contributed by atoms with Gasteiger partial charge in [0.05, 0.1) is 11.7 Å². The van der Waals surface area contributed by atoms with Crippen LogP contribution in [-0.4, -0.2) is 8.75 Å². The van der Waals surface area contributed by atoms with Crippen LogP contribution in [-0.2, 0) is 12.8 Å². The quantitative estimate of drug-likeness (QED) is 0.0684. The fourth-order valence-electron chi connectivity index (χ4n) is 7.93. The molecule has 3 heterocycles. The van der Waals surface area contributed by atoms with Crippen LogP contribution in [0.1, 0.15) is 129 Å². The van der Waals surface area contributed by atoms with Gasteiger partial charge in [-0.1, -0.05) is 141 Å². The van der Waals surface area contributed by atoms with E-state index < -0.39 is 0 Å². The lowest BCUT2D eigenvalue weighted by Gasteiger charge is -2.16. The summed E-state index contributed by atoms with van der Waals surface area (Å²) in [6, 6.07) is 24.0. The summed E-state index contributed by atoms with van der Waals surface area (Å²) in [5.74, 6) is 1.15. The molecule has 0 saturated carbocycles. The van der Waals surface area contributed by atoms with Crippen molar-refractivity contribution in [2.24, 2.45) is 11.8 Å². The molecule has 3 aromatic carbocycles. The molecule has 55 heavy (non-hydrogen) atoms. The maximum Gasteiger partial charge on any atom is 0.132 e. The normalized spacial score (nSPS) is 11.9. The molecule has 6 rings (SSSR count). The number of halogens is 2. The largest absolute Gasteiger partial charge is 0.206 e. The van der Waals surface area contributed by atoms with Crippen LogP contribution in [0.5, 0.6) is 0 Å². The van der Waals surface area contributed by atoms with Crippen LogP contribution in [0.4, 0.5) is 8.78 Å². The molecule has 0 bridgehead atoms. The van der Waals surface area contributed by atoms with Crippen molar-refractivity contribution in [1.29, 1.82) is 0 Å². The van der Waals surface area contributed by atoms with Crippen molar-refractivity contribution in [2.75, 3.05) is 0 Å². The summed E-state index contributed by atoms with van der Waals surface area (Å²) in [7, 11) is 0. The van der Waals surface area contributed by atoms with Crippen molar-refractivity contribution < 1.29 is 8.78 Å². The molecule has 0 saturated heterocycles. The molecule has 7 heteroatoms. The van der Waals surface area contributed by atoms with Gasteiger partial charge in [0.25, 0.3) is 0 Å². The van der Waals surface area contributed by atoms with Crippen LogP contribution in [0.3, 0.4) is 0 Å². The van der Waals surface area contributed by atoms with Gasteiger partial charge < -0.3 is 0 Å². The van der Waals surface area contributed by atoms with Crippen molar-refractivity contribution in [3.63, 3.8) is 0 Å². The van der Waals surface area contributed by atoms with Crippen LogP contribution in [0.25, 0.3) is 52.8 Å². The lowest BCUT2D eigenvalue weighted by molar-refractivity contribution is 0.393. The predicted molar refractivity (Wildman–Crippen MR) is 237 cm³/mol. The van der Waals surface area contributed by atoms with Crippen LogP contribution >= 0.6 is 34.4 Å². The molecule has 2 nitrogen and oxygen atoms in total. The Morgan fingerprint density at radius 3 is 1.15 bits per heavy atom. The van der Waals surface area contributed by atoms with E-state index in [9.17, 15) is 0 Å². The zero-order valence-electron chi connectivity index (χ0n) is 33.3. The molecule has 0 spiro atoms. The smallest absolute Gasteiger partial charge is 0.132 e. The van der Waals surface area contributed by atoms with Gasteiger partial charge in [-0.2, -0.15) is 8.75 Å². The molecule has 0 aliphatic carbocycles. The third-order valence-corrected chi connectivity index (χ3v) is 14.1. The minimum atomic E-state index is -0.154. The number of nitrogens with zero attached hydrogens (tertiary/aromatic N) is 2. The molecule has 0 unspecified atom stereocenters. The SMILES string of the molecule is CCCCC(CCCC)CCc1ccc(-c2ccc(-c3ccc(-c4ccc(-c5ccc(CCC(CCCC)CCCC)cc5F)s4)c4nsnc34)s2)c(F)c1. The van der Waals surface area contributed by atoms with E-state index in [0.717, 1.165) is 90.3 Å². The van der Waals surface area contributed by atoms with E-state index >= 15 is 8.78 Å². The molecule has 3 aromatic heterocycles. The van der Waals surface area contributed by atoms with Crippen molar-refractivity contribution in [3.05, 3.63) is 95.6 Å². The van der Waals surface area contributed by atoms with Gasteiger partial charge in [0, 0.05) is 41.8 Å². The second-order valence-electron chi connectivity index (χ2n) is 15.5. The minimum Gasteiger partial charge on any atom is -0.206 e. The molecule has 0 amide bonds. The fourth-order valence-corrected chi connectivity index (χ4v) is 10.6. The molecule has 0 aliphatic heterocycles. The van der Waals surface area contributed by atoms with Crippen molar-refractivity contribution >= 4 is 45.4 Å². The van der Waals surface area contributed by atoms with Gasteiger partial charge in [0.2, 0.25) is 0 Å². The number of unbranched alkanes of at least 4 members (excludes halogenated alkanes) is 4. The number of hydrogen-bond donors (Lipinski definition) is 0. The summed E-state index contributed by atoms with van der Waals surface area (Å²) in [4.78, 5) is 3.89. The summed E-state index contributed by atoms with van der Waals surface area (Å²) < 4.78 is 40.6. The van der Waals surface area contributed by atoms with Crippen LogP contribution in [0.2, 0.25) is 0 Å². The van der Waals surface area contributed by atoms with Crippen LogP contribution in [0.15, 0.2) is 72.8 Å². The number of hydrogen-bond acceptors (Lipinski definition) is 5. The van der Waals surface area contributed by atoms with Crippen molar-refractivity contribution in [3.8, 4) is 41.8 Å². The van der Waals surface area contributed by atoms with Gasteiger partial charge in [-0.3, -0.25) is 0 Å². The highest BCUT2D eigenvalue weighted by atomic mass is 32.1. The van der Waals surface area contributed by atoms with E-state index in [4.69, 9.17) is 8.75 Å². The van der Waals surface area contributed by atoms with Crippen molar-refractivity contribution in [1.82, 2.24) is 8.75 Å². The first-order valence-corrected chi connectivity index (χ1v) is 23.3. The number of rotatable bonds is 22. The van der Waals surface area contributed by atoms with E-state index in [1.165, 1.54) is 88.8 Å². The predicted octanol–water partition coefficient (Wildman–Crippen LogP) is 16.6. The molecule has 0 atom stereocenters. The van der Waals surface area contributed by atoms with Gasteiger partial charge in [-0.25, -0.2) is 8.78 Å². The Labute approximate surface area is 340 Å². The summed E-state index contributed by atoms with van der Waals surface area (Å²) in [5.41, 5.74) is 7.14. The summed E-state index contributed by atoms with van der Waals surface area (Å²) in [6.07, 6.45) is 19.3. The Morgan fingerprint density at radius 1 is 0.455 bits per heavy atom. The monoisotopic (exact) mass is 796 g/mol. The first kappa shape index (κ1) is 41.4. The Balaban J connectivity index is 1.14. The Bertz CT molecular complexity index is 1930. The summed E-state index contributed by atoms with van der Waals surface area (Å²) in [6.45, 7) is 9.04. The molecule has 0 fully saturated rings. The van der Waals surface area contributed by atoms with Gasteiger partial charge >= 0.3 is 0 Å². The van der Waals surface area contributed by atoms with Gasteiger partial charge in [-0.15, -0.1) is 22.7 Å². The highest BCUT2D eigenvalue weighted by molar-refractivity contribution is 7.19. The number of aryl methyl sites for hydroxylation is 2. The van der Waals surface area contributed by atoms with Crippen molar-refractivity contribution in [2.45, 2.75) is 130 Å². The third-order valence-electron chi connectivity index (χ3n) is 11.3. The number of aromatic nitrogens is 2. The minimum absolute atomic E-state index is 0.154. The number of benzene rings is 3. The maximum absolute atomic E-state index is 15.6. The fraction of sp³-hybridized carbons (Fsp3) is 0.458. The molecule has 6 aromatic rings. The number of thiophene rings is 2. The molecule has 0 N–H and O–H groups in total. The van der Waals surface area contributed by atoms with E-state index in [-0.39, 0.29) is 11.6 Å². The van der Waals surface area contributed by atoms with E-state index in [0.29, 0.717) is 11.1 Å². The van der Waals surface area contributed by atoms with E-state index in [1.807, 2.05) is 24.3 Å². The molecule has 0 aliphatic rings. The molecule has 0 radical (unpaired) electrons. The highest BCUT2D eigenvalue weighted by Gasteiger charge is 2.19. The Kier molecular flexibility index (Phi) is 15.6. The first-order chi connectivity index (χ1) is 26.9. The van der Waals surface area contributed by atoms with Gasteiger partial charge in [-0.05, 0) is 85.0 Å². The Morgan fingerprint density at radius 2 is 0.800 bits per heavy atom. The molecular formula is C48H58F2N2S3. The van der Waals surface area contributed by atoms with E-state index in [1.54, 1.807) is 34.8 Å². The Hall–Kier alpha value is -3.26. The summed E-state index contributed by atoms with van der Waals surface area (Å²) >= 11 is 4.38. The van der Waals surface area contributed by atoms with Gasteiger partial charge in [0.1, 0.15) is 22.7 Å². The molecular weight excluding hydrogens is 739 g/mol.